The number of amides is 1. The Morgan fingerprint density at radius 2 is 2.16 bits per heavy atom. The van der Waals surface area contributed by atoms with Crippen LogP contribution in [0.25, 0.3) is 0 Å². The maximum atomic E-state index is 12.5. The minimum absolute atomic E-state index is 0.186. The Labute approximate surface area is 113 Å². The zero-order valence-electron chi connectivity index (χ0n) is 11.2. The third kappa shape index (κ3) is 2.38. The summed E-state index contributed by atoms with van der Waals surface area (Å²) in [6.45, 7) is 4.37. The second kappa shape index (κ2) is 5.31. The topological polar surface area (TPSA) is 41.6 Å². The molecule has 1 N–H and O–H groups in total. The lowest BCUT2D eigenvalue weighted by Crippen LogP contribution is -2.40. The van der Waals surface area contributed by atoms with Crippen LogP contribution >= 0.6 is 0 Å². The van der Waals surface area contributed by atoms with Crippen molar-refractivity contribution in [3.05, 3.63) is 35.9 Å². The van der Waals surface area contributed by atoms with Gasteiger partial charge in [0.25, 0.3) is 0 Å². The Morgan fingerprint density at radius 3 is 2.84 bits per heavy atom. The summed E-state index contributed by atoms with van der Waals surface area (Å²) in [5, 5.41) is 3.31. The van der Waals surface area contributed by atoms with Crippen molar-refractivity contribution in [3.63, 3.8) is 0 Å². The average Bonchev–Trinajstić information content (AvgIpc) is 3.08. The molecule has 1 aromatic rings. The molecule has 3 atom stereocenters. The molecule has 1 amide bonds. The summed E-state index contributed by atoms with van der Waals surface area (Å²) in [4.78, 5) is 14.5. The maximum Gasteiger partial charge on any atom is 0.245 e. The molecule has 2 aliphatic heterocycles. The van der Waals surface area contributed by atoms with Crippen molar-refractivity contribution in [1.29, 1.82) is 0 Å². The van der Waals surface area contributed by atoms with Crippen molar-refractivity contribution < 1.29 is 9.53 Å². The third-order valence-corrected chi connectivity index (χ3v) is 4.27. The second-order valence-corrected chi connectivity index (χ2v) is 5.38. The largest absolute Gasteiger partial charge is 0.381 e. The summed E-state index contributed by atoms with van der Waals surface area (Å²) in [7, 11) is 0. The molecule has 3 rings (SSSR count). The van der Waals surface area contributed by atoms with E-state index < -0.39 is 0 Å². The summed E-state index contributed by atoms with van der Waals surface area (Å²) >= 11 is 0. The van der Waals surface area contributed by atoms with Crippen LogP contribution < -0.4 is 5.32 Å². The van der Waals surface area contributed by atoms with E-state index in [1.807, 2.05) is 35.2 Å². The Hall–Kier alpha value is -1.39. The van der Waals surface area contributed by atoms with Gasteiger partial charge in [-0.2, -0.15) is 0 Å². The van der Waals surface area contributed by atoms with E-state index in [1.165, 1.54) is 0 Å². The molecule has 4 heteroatoms. The number of hydrogen-bond donors (Lipinski definition) is 1. The van der Waals surface area contributed by atoms with Crippen LogP contribution in [0.5, 0.6) is 0 Å². The number of ether oxygens (including phenoxy) is 1. The Kier molecular flexibility index (Phi) is 3.53. The van der Waals surface area contributed by atoms with E-state index in [0.717, 1.165) is 25.2 Å². The molecule has 0 spiro atoms. The molecule has 0 bridgehead atoms. The van der Waals surface area contributed by atoms with Crippen molar-refractivity contribution in [2.24, 2.45) is 5.92 Å². The first-order chi connectivity index (χ1) is 9.27. The van der Waals surface area contributed by atoms with E-state index >= 15 is 0 Å². The number of rotatable bonds is 3. The molecular formula is C15H20N2O2. The lowest BCUT2D eigenvalue weighted by Gasteiger charge is -2.28. The summed E-state index contributed by atoms with van der Waals surface area (Å²) in [6.07, 6.45) is 1.06. The predicted octanol–water partition coefficient (Wildman–Crippen LogP) is 1.54. The van der Waals surface area contributed by atoms with Gasteiger partial charge in [-0.15, -0.1) is 0 Å². The van der Waals surface area contributed by atoms with E-state index in [1.54, 1.807) is 0 Å². The van der Waals surface area contributed by atoms with E-state index in [0.29, 0.717) is 12.6 Å². The molecule has 19 heavy (non-hydrogen) atoms. The quantitative estimate of drug-likeness (QED) is 0.896. The second-order valence-electron chi connectivity index (χ2n) is 5.38. The fourth-order valence-corrected chi connectivity index (χ4v) is 2.96. The van der Waals surface area contributed by atoms with Gasteiger partial charge in [0, 0.05) is 18.6 Å². The van der Waals surface area contributed by atoms with Gasteiger partial charge in [0.15, 0.2) is 0 Å². The SMILES string of the molecule is CC(C1CCOC1)N1CNC(c2ccccc2)C1=O. The highest BCUT2D eigenvalue weighted by Gasteiger charge is 2.38. The third-order valence-electron chi connectivity index (χ3n) is 4.27. The molecule has 4 nitrogen and oxygen atoms in total. The molecular weight excluding hydrogens is 240 g/mol. The molecule has 1 aromatic carbocycles. The van der Waals surface area contributed by atoms with E-state index in [9.17, 15) is 4.79 Å². The number of hydrogen-bond acceptors (Lipinski definition) is 3. The minimum atomic E-state index is -0.189. The number of nitrogens with one attached hydrogen (secondary N) is 1. The zero-order chi connectivity index (χ0) is 13.2. The van der Waals surface area contributed by atoms with Gasteiger partial charge in [-0.1, -0.05) is 30.3 Å². The van der Waals surface area contributed by atoms with Gasteiger partial charge in [0.2, 0.25) is 5.91 Å². The lowest BCUT2D eigenvalue weighted by molar-refractivity contribution is -0.131. The van der Waals surface area contributed by atoms with Gasteiger partial charge >= 0.3 is 0 Å². The molecule has 3 unspecified atom stereocenters. The summed E-state index contributed by atoms with van der Waals surface area (Å²) < 4.78 is 5.43. The van der Waals surface area contributed by atoms with Crippen molar-refractivity contribution in [2.45, 2.75) is 25.4 Å². The van der Waals surface area contributed by atoms with Crippen LogP contribution in [0.4, 0.5) is 0 Å². The number of nitrogens with zero attached hydrogens (tertiary/aromatic N) is 1. The Morgan fingerprint density at radius 1 is 1.37 bits per heavy atom. The van der Waals surface area contributed by atoms with E-state index in [2.05, 4.69) is 12.2 Å². The van der Waals surface area contributed by atoms with Crippen LogP contribution in [0.3, 0.4) is 0 Å². The molecule has 2 fully saturated rings. The molecule has 2 aliphatic rings. The normalized spacial score (nSPS) is 28.9. The lowest BCUT2D eigenvalue weighted by atomic mass is 9.99. The summed E-state index contributed by atoms with van der Waals surface area (Å²) in [6, 6.07) is 9.98. The molecule has 102 valence electrons. The number of carbonyl (C=O) groups excluding carboxylic acids is 1. The first kappa shape index (κ1) is 12.6. The molecule has 2 heterocycles. The van der Waals surface area contributed by atoms with Crippen molar-refractivity contribution in [1.82, 2.24) is 10.2 Å². The number of carbonyl (C=O) groups is 1. The Balaban J connectivity index is 1.71. The minimum Gasteiger partial charge on any atom is -0.381 e. The van der Waals surface area contributed by atoms with Crippen LogP contribution in [-0.4, -0.2) is 36.7 Å². The van der Waals surface area contributed by atoms with Crippen LogP contribution in [-0.2, 0) is 9.53 Å². The molecule has 0 aliphatic carbocycles. The fraction of sp³-hybridized carbons (Fsp3) is 0.533. The Bertz CT molecular complexity index is 443. The van der Waals surface area contributed by atoms with Crippen LogP contribution in [0, 0.1) is 5.92 Å². The highest BCUT2D eigenvalue weighted by Crippen LogP contribution is 2.27. The summed E-state index contributed by atoms with van der Waals surface area (Å²) in [5.74, 6) is 0.658. The van der Waals surface area contributed by atoms with Gasteiger partial charge in [-0.25, -0.2) is 0 Å². The highest BCUT2D eigenvalue weighted by molar-refractivity contribution is 5.85. The molecule has 0 saturated carbocycles. The average molecular weight is 260 g/mol. The van der Waals surface area contributed by atoms with Crippen molar-refractivity contribution in [2.75, 3.05) is 19.9 Å². The zero-order valence-corrected chi connectivity index (χ0v) is 11.2. The van der Waals surface area contributed by atoms with Crippen molar-refractivity contribution in [3.8, 4) is 0 Å². The fourth-order valence-electron chi connectivity index (χ4n) is 2.96. The van der Waals surface area contributed by atoms with Crippen molar-refractivity contribution >= 4 is 5.91 Å². The molecule has 0 aromatic heterocycles. The van der Waals surface area contributed by atoms with Gasteiger partial charge in [0.1, 0.15) is 6.04 Å². The van der Waals surface area contributed by atoms with E-state index in [-0.39, 0.29) is 18.0 Å². The standard InChI is InChI=1S/C15H20N2O2/c1-11(13-7-8-19-9-13)17-10-16-14(15(17)18)12-5-3-2-4-6-12/h2-6,11,13-14,16H,7-10H2,1H3. The van der Waals surface area contributed by atoms with E-state index in [4.69, 9.17) is 4.74 Å². The van der Waals surface area contributed by atoms with Gasteiger partial charge in [-0.05, 0) is 18.9 Å². The molecule has 0 radical (unpaired) electrons. The van der Waals surface area contributed by atoms with Crippen LogP contribution in [0.2, 0.25) is 0 Å². The first-order valence-electron chi connectivity index (χ1n) is 6.94. The van der Waals surface area contributed by atoms with Crippen LogP contribution in [0.15, 0.2) is 30.3 Å². The van der Waals surface area contributed by atoms with Gasteiger partial charge in [0.05, 0.1) is 13.3 Å². The predicted molar refractivity (Wildman–Crippen MR) is 72.4 cm³/mol. The van der Waals surface area contributed by atoms with Gasteiger partial charge < -0.3 is 9.64 Å². The first-order valence-corrected chi connectivity index (χ1v) is 6.94. The monoisotopic (exact) mass is 260 g/mol. The highest BCUT2D eigenvalue weighted by atomic mass is 16.5. The van der Waals surface area contributed by atoms with Crippen LogP contribution in [0.1, 0.15) is 24.9 Å². The summed E-state index contributed by atoms with van der Waals surface area (Å²) in [5.41, 5.74) is 1.05. The number of benzene rings is 1. The van der Waals surface area contributed by atoms with Gasteiger partial charge in [-0.3, -0.25) is 10.1 Å². The maximum absolute atomic E-state index is 12.5. The smallest absolute Gasteiger partial charge is 0.245 e. The molecule has 2 saturated heterocycles.